The van der Waals surface area contributed by atoms with Crippen LogP contribution in [0.25, 0.3) is 0 Å². The van der Waals surface area contributed by atoms with Crippen molar-refractivity contribution in [3.05, 3.63) is 28.7 Å². The third-order valence-corrected chi connectivity index (χ3v) is 0.954. The van der Waals surface area contributed by atoms with Gasteiger partial charge in [0.2, 0.25) is 0 Å². The summed E-state index contributed by atoms with van der Waals surface area (Å²) in [6.45, 7) is 0. The fourth-order valence-corrected chi connectivity index (χ4v) is 0.581. The van der Waals surface area contributed by atoms with E-state index in [9.17, 15) is 4.79 Å². The van der Waals surface area contributed by atoms with Gasteiger partial charge >= 0.3 is 5.56 Å². The predicted octanol–water partition coefficient (Wildman–Crippen LogP) is -0.132. The van der Waals surface area contributed by atoms with Gasteiger partial charge in [-0.3, -0.25) is 4.79 Å². The quantitative estimate of drug-likeness (QED) is 0.566. The standard InChI is InChI=1S/C5H5ClN2O2/c6-4-10-8-5(9)2-1-3-7-8/h1-3H,4H2. The van der Waals surface area contributed by atoms with E-state index in [-0.39, 0.29) is 11.6 Å². The molecule has 0 aliphatic heterocycles. The van der Waals surface area contributed by atoms with Gasteiger partial charge in [0.05, 0.1) is 6.20 Å². The van der Waals surface area contributed by atoms with Gasteiger partial charge in [-0.15, -0.1) is 5.10 Å². The minimum atomic E-state index is -0.330. The Morgan fingerprint density at radius 1 is 1.80 bits per heavy atom. The van der Waals surface area contributed by atoms with Crippen LogP contribution in [-0.4, -0.2) is 16.0 Å². The fraction of sp³-hybridized carbons (Fsp3) is 0.200. The maximum absolute atomic E-state index is 10.7. The lowest BCUT2D eigenvalue weighted by Crippen LogP contribution is -2.27. The van der Waals surface area contributed by atoms with E-state index in [4.69, 9.17) is 11.6 Å². The van der Waals surface area contributed by atoms with E-state index in [1.807, 2.05) is 0 Å². The molecule has 0 aliphatic rings. The first-order chi connectivity index (χ1) is 4.84. The Labute approximate surface area is 61.9 Å². The third-order valence-electron chi connectivity index (χ3n) is 0.856. The van der Waals surface area contributed by atoms with Crippen molar-refractivity contribution in [3.8, 4) is 0 Å². The average molecular weight is 161 g/mol. The first-order valence-electron chi connectivity index (χ1n) is 2.58. The average Bonchev–Trinajstić information content (AvgIpc) is 1.94. The summed E-state index contributed by atoms with van der Waals surface area (Å²) in [6, 6.07) is 2.77. The minimum absolute atomic E-state index is 0.0864. The Hall–Kier alpha value is -1.03. The van der Waals surface area contributed by atoms with Crippen molar-refractivity contribution in [1.29, 1.82) is 0 Å². The van der Waals surface area contributed by atoms with E-state index >= 15 is 0 Å². The van der Waals surface area contributed by atoms with E-state index in [0.717, 1.165) is 4.85 Å². The van der Waals surface area contributed by atoms with Gasteiger partial charge < -0.3 is 4.84 Å². The highest BCUT2D eigenvalue weighted by Gasteiger charge is 1.90. The van der Waals surface area contributed by atoms with Crippen LogP contribution in [0.5, 0.6) is 0 Å². The van der Waals surface area contributed by atoms with Gasteiger partial charge in [0, 0.05) is 6.07 Å². The zero-order valence-electron chi connectivity index (χ0n) is 5.03. The lowest BCUT2D eigenvalue weighted by atomic mass is 10.6. The van der Waals surface area contributed by atoms with Gasteiger partial charge in [-0.1, -0.05) is 16.4 Å². The number of hydrogen-bond donors (Lipinski definition) is 0. The molecule has 0 aliphatic carbocycles. The molecular weight excluding hydrogens is 156 g/mol. The number of halogens is 1. The van der Waals surface area contributed by atoms with Gasteiger partial charge in [-0.05, 0) is 6.07 Å². The largest absolute Gasteiger partial charge is 0.377 e. The van der Waals surface area contributed by atoms with E-state index in [1.165, 1.54) is 18.3 Å². The maximum atomic E-state index is 10.7. The van der Waals surface area contributed by atoms with Gasteiger partial charge in [0.15, 0.2) is 6.07 Å². The van der Waals surface area contributed by atoms with E-state index < -0.39 is 0 Å². The van der Waals surface area contributed by atoms with Crippen LogP contribution in [0.4, 0.5) is 0 Å². The highest BCUT2D eigenvalue weighted by molar-refractivity contribution is 6.17. The molecule has 5 heteroatoms. The van der Waals surface area contributed by atoms with Crippen LogP contribution in [0.15, 0.2) is 23.1 Å². The van der Waals surface area contributed by atoms with Crippen LogP contribution in [0.1, 0.15) is 0 Å². The zero-order chi connectivity index (χ0) is 7.40. The van der Waals surface area contributed by atoms with Crippen LogP contribution in [0.3, 0.4) is 0 Å². The number of hydrogen-bond acceptors (Lipinski definition) is 3. The second kappa shape index (κ2) is 3.22. The van der Waals surface area contributed by atoms with Crippen molar-refractivity contribution in [3.63, 3.8) is 0 Å². The molecule has 0 atom stereocenters. The molecule has 0 unspecified atom stereocenters. The summed E-state index contributed by atoms with van der Waals surface area (Å²) >= 11 is 5.19. The smallest absolute Gasteiger partial charge is 0.303 e. The number of rotatable bonds is 2. The van der Waals surface area contributed by atoms with Gasteiger partial charge in [0.1, 0.15) is 0 Å². The Balaban J connectivity index is 2.92. The summed E-state index contributed by atoms with van der Waals surface area (Å²) < 4.78 is 0. The Bertz CT molecular complexity index is 260. The molecule has 54 valence electrons. The van der Waals surface area contributed by atoms with Crippen LogP contribution >= 0.6 is 11.6 Å². The summed E-state index contributed by atoms with van der Waals surface area (Å²) in [4.78, 5) is 16.1. The molecule has 1 aromatic heterocycles. The first kappa shape index (κ1) is 7.08. The Morgan fingerprint density at radius 2 is 2.60 bits per heavy atom. The number of nitrogens with zero attached hydrogens (tertiary/aromatic N) is 2. The molecule has 0 radical (unpaired) electrons. The SMILES string of the molecule is O=c1cccnn1OCCl. The van der Waals surface area contributed by atoms with E-state index in [1.54, 1.807) is 0 Å². The lowest BCUT2D eigenvalue weighted by molar-refractivity contribution is 0.106. The number of aromatic nitrogens is 2. The molecule has 0 N–H and O–H groups in total. The van der Waals surface area contributed by atoms with Crippen molar-refractivity contribution in [2.75, 3.05) is 6.07 Å². The van der Waals surface area contributed by atoms with Crippen LogP contribution in [-0.2, 0) is 0 Å². The molecule has 0 saturated heterocycles. The van der Waals surface area contributed by atoms with E-state index in [0.29, 0.717) is 0 Å². The third kappa shape index (κ3) is 1.48. The fourth-order valence-electron chi connectivity index (χ4n) is 0.488. The second-order valence-electron chi connectivity index (χ2n) is 1.47. The topological polar surface area (TPSA) is 44.1 Å². The molecule has 0 bridgehead atoms. The van der Waals surface area contributed by atoms with Crippen molar-refractivity contribution in [2.45, 2.75) is 0 Å². The Kier molecular flexibility index (Phi) is 2.28. The zero-order valence-corrected chi connectivity index (χ0v) is 5.78. The number of alkyl halides is 1. The Morgan fingerprint density at radius 3 is 3.20 bits per heavy atom. The molecule has 0 spiro atoms. The van der Waals surface area contributed by atoms with Gasteiger partial charge in [0.25, 0.3) is 0 Å². The summed E-state index contributed by atoms with van der Waals surface area (Å²) in [6.07, 6.45) is 1.44. The molecule has 0 saturated carbocycles. The molecule has 0 aromatic carbocycles. The monoisotopic (exact) mass is 160 g/mol. The van der Waals surface area contributed by atoms with Crippen LogP contribution < -0.4 is 10.4 Å². The van der Waals surface area contributed by atoms with Gasteiger partial charge in [-0.25, -0.2) is 0 Å². The first-order valence-corrected chi connectivity index (χ1v) is 3.11. The molecule has 0 fully saturated rings. The van der Waals surface area contributed by atoms with Gasteiger partial charge in [-0.2, -0.15) is 0 Å². The lowest BCUT2D eigenvalue weighted by Gasteiger charge is -1.99. The maximum Gasteiger partial charge on any atom is 0.303 e. The van der Waals surface area contributed by atoms with E-state index in [2.05, 4.69) is 9.94 Å². The molecular formula is C5H5ClN2O2. The molecule has 1 heterocycles. The van der Waals surface area contributed by atoms with Crippen molar-refractivity contribution < 1.29 is 4.84 Å². The highest BCUT2D eigenvalue weighted by Crippen LogP contribution is 1.73. The highest BCUT2D eigenvalue weighted by atomic mass is 35.5. The summed E-state index contributed by atoms with van der Waals surface area (Å²) in [5.74, 6) is 0. The second-order valence-corrected chi connectivity index (χ2v) is 1.69. The van der Waals surface area contributed by atoms with Crippen molar-refractivity contribution in [1.82, 2.24) is 9.94 Å². The van der Waals surface area contributed by atoms with Crippen molar-refractivity contribution in [2.24, 2.45) is 0 Å². The van der Waals surface area contributed by atoms with Crippen LogP contribution in [0.2, 0.25) is 0 Å². The summed E-state index contributed by atoms with van der Waals surface area (Å²) in [5.41, 5.74) is -0.330. The normalized spacial score (nSPS) is 9.30. The molecule has 0 amide bonds. The minimum Gasteiger partial charge on any atom is -0.377 e. The van der Waals surface area contributed by atoms with Crippen molar-refractivity contribution >= 4 is 11.6 Å². The van der Waals surface area contributed by atoms with Crippen LogP contribution in [0, 0.1) is 0 Å². The molecule has 4 nitrogen and oxygen atoms in total. The predicted molar refractivity (Wildman–Crippen MR) is 35.8 cm³/mol. The molecule has 10 heavy (non-hydrogen) atoms. The summed E-state index contributed by atoms with van der Waals surface area (Å²) in [5, 5.41) is 3.57. The molecule has 1 aromatic rings. The summed E-state index contributed by atoms with van der Waals surface area (Å²) in [7, 11) is 0. The molecule has 1 rings (SSSR count).